The monoisotopic (exact) mass is 345 g/mol. The predicted octanol–water partition coefficient (Wildman–Crippen LogP) is 2.75. The molecule has 1 aromatic carbocycles. The zero-order valence-electron chi connectivity index (χ0n) is 13.7. The van der Waals surface area contributed by atoms with Crippen molar-refractivity contribution in [3.8, 4) is 0 Å². The third-order valence-corrected chi connectivity index (χ3v) is 4.57. The van der Waals surface area contributed by atoms with Gasteiger partial charge in [0.05, 0.1) is 12.2 Å². The molecule has 0 saturated carbocycles. The Bertz CT molecular complexity index is 823. The van der Waals surface area contributed by atoms with Gasteiger partial charge in [-0.05, 0) is 36.6 Å². The molecule has 5 nitrogen and oxygen atoms in total. The van der Waals surface area contributed by atoms with Crippen LogP contribution in [0.5, 0.6) is 0 Å². The fourth-order valence-electron chi connectivity index (χ4n) is 2.51. The number of imidazole rings is 1. The van der Waals surface area contributed by atoms with E-state index < -0.39 is 0 Å². The Hall–Kier alpha value is -2.41. The van der Waals surface area contributed by atoms with Gasteiger partial charge in [-0.25, -0.2) is 9.37 Å². The van der Waals surface area contributed by atoms with Crippen LogP contribution in [-0.2, 0) is 13.0 Å². The van der Waals surface area contributed by atoms with E-state index >= 15 is 0 Å². The van der Waals surface area contributed by atoms with Crippen molar-refractivity contribution in [2.45, 2.75) is 19.9 Å². The molecule has 2 N–H and O–H groups in total. The molecule has 7 heteroatoms. The molecule has 3 aromatic rings. The summed E-state index contributed by atoms with van der Waals surface area (Å²) in [5.41, 5.74) is 3.07. The first kappa shape index (κ1) is 16.4. The smallest absolute Gasteiger partial charge is 0.193 e. The molecule has 24 heavy (non-hydrogen) atoms. The highest BCUT2D eigenvalue weighted by molar-refractivity contribution is 7.15. The lowest BCUT2D eigenvalue weighted by Gasteiger charge is -2.12. The van der Waals surface area contributed by atoms with Gasteiger partial charge in [0, 0.05) is 31.4 Å². The van der Waals surface area contributed by atoms with E-state index in [0.29, 0.717) is 6.54 Å². The molecule has 0 aliphatic rings. The zero-order chi connectivity index (χ0) is 16.9. The molecule has 0 aliphatic heterocycles. The van der Waals surface area contributed by atoms with Gasteiger partial charge < -0.3 is 10.6 Å². The van der Waals surface area contributed by atoms with Gasteiger partial charge in [0.2, 0.25) is 0 Å². The maximum absolute atomic E-state index is 13.1. The van der Waals surface area contributed by atoms with Gasteiger partial charge >= 0.3 is 0 Å². The third kappa shape index (κ3) is 3.91. The number of guanidine groups is 1. The van der Waals surface area contributed by atoms with Gasteiger partial charge in [0.15, 0.2) is 10.9 Å². The number of halogens is 1. The molecule has 0 aliphatic carbocycles. The highest BCUT2D eigenvalue weighted by Crippen LogP contribution is 2.11. The van der Waals surface area contributed by atoms with Crippen LogP contribution in [0.15, 0.2) is 41.0 Å². The summed E-state index contributed by atoms with van der Waals surface area (Å²) < 4.78 is 15.1. The van der Waals surface area contributed by atoms with Crippen molar-refractivity contribution in [2.24, 2.45) is 4.99 Å². The van der Waals surface area contributed by atoms with Gasteiger partial charge in [-0.2, -0.15) is 0 Å². The molecule has 0 unspecified atom stereocenters. The predicted molar refractivity (Wildman–Crippen MR) is 96.1 cm³/mol. The summed E-state index contributed by atoms with van der Waals surface area (Å²) in [6.45, 7) is 3.27. The van der Waals surface area contributed by atoms with Crippen LogP contribution in [0.1, 0.15) is 16.8 Å². The normalized spacial score (nSPS) is 11.9. The number of nitrogens with one attached hydrogen (secondary N) is 2. The largest absolute Gasteiger partial charge is 0.356 e. The Morgan fingerprint density at radius 1 is 1.38 bits per heavy atom. The average molecular weight is 345 g/mol. The van der Waals surface area contributed by atoms with Crippen molar-refractivity contribution in [3.05, 3.63) is 58.6 Å². The van der Waals surface area contributed by atoms with Gasteiger partial charge in [0.1, 0.15) is 5.82 Å². The standard InChI is InChI=1S/C17H20FN5S/c1-12-9-14(18)4-3-13(12)5-6-20-16(19-2)21-10-15-11-23-7-8-24-17(23)22-15/h3-4,7-9,11H,5-6,10H2,1-2H3,(H2,19,20,21). The Morgan fingerprint density at radius 3 is 3.00 bits per heavy atom. The summed E-state index contributed by atoms with van der Waals surface area (Å²) in [4.78, 5) is 9.73. The first-order valence-corrected chi connectivity index (χ1v) is 8.64. The van der Waals surface area contributed by atoms with Crippen molar-refractivity contribution in [2.75, 3.05) is 13.6 Å². The summed E-state index contributed by atoms with van der Waals surface area (Å²) in [6, 6.07) is 4.90. The molecule has 0 bridgehead atoms. The average Bonchev–Trinajstić information content (AvgIpc) is 3.14. The Balaban J connectivity index is 1.49. The molecule has 0 fully saturated rings. The number of fused-ring (bicyclic) bond motifs is 1. The molecule has 2 heterocycles. The maximum atomic E-state index is 13.1. The van der Waals surface area contributed by atoms with Crippen LogP contribution in [0.25, 0.3) is 4.96 Å². The summed E-state index contributed by atoms with van der Waals surface area (Å²) in [6.07, 6.45) is 4.82. The number of hydrogen-bond acceptors (Lipinski definition) is 3. The molecular formula is C17H20FN5S. The van der Waals surface area contributed by atoms with Gasteiger partial charge in [-0.3, -0.25) is 9.39 Å². The number of aryl methyl sites for hydroxylation is 1. The Morgan fingerprint density at radius 2 is 2.25 bits per heavy atom. The fraction of sp³-hybridized carbons (Fsp3) is 0.294. The first-order valence-electron chi connectivity index (χ1n) is 7.76. The summed E-state index contributed by atoms with van der Waals surface area (Å²) in [5.74, 6) is 0.535. The van der Waals surface area contributed by atoms with Gasteiger partial charge in [-0.15, -0.1) is 11.3 Å². The molecule has 0 amide bonds. The highest BCUT2D eigenvalue weighted by atomic mass is 32.1. The van der Waals surface area contributed by atoms with Crippen LogP contribution in [0.4, 0.5) is 4.39 Å². The van der Waals surface area contributed by atoms with E-state index in [1.807, 2.05) is 35.2 Å². The lowest BCUT2D eigenvalue weighted by molar-refractivity contribution is 0.625. The number of aromatic nitrogens is 2. The number of hydrogen-bond donors (Lipinski definition) is 2. The van der Waals surface area contributed by atoms with E-state index in [1.165, 1.54) is 6.07 Å². The molecule has 0 spiro atoms. The van der Waals surface area contributed by atoms with Crippen molar-refractivity contribution in [3.63, 3.8) is 0 Å². The number of benzene rings is 1. The van der Waals surface area contributed by atoms with Crippen molar-refractivity contribution in [1.29, 1.82) is 0 Å². The van der Waals surface area contributed by atoms with E-state index in [9.17, 15) is 4.39 Å². The molecule has 3 rings (SSSR count). The summed E-state index contributed by atoms with van der Waals surface area (Å²) in [7, 11) is 1.74. The summed E-state index contributed by atoms with van der Waals surface area (Å²) in [5, 5.41) is 8.54. The van der Waals surface area contributed by atoms with Crippen LogP contribution >= 0.6 is 11.3 Å². The number of thiazole rings is 1. The maximum Gasteiger partial charge on any atom is 0.193 e. The zero-order valence-corrected chi connectivity index (χ0v) is 14.5. The Kier molecular flexibility index (Phi) is 5.10. The molecule has 0 saturated heterocycles. The van der Waals surface area contributed by atoms with E-state index in [0.717, 1.165) is 40.7 Å². The molecule has 126 valence electrons. The minimum Gasteiger partial charge on any atom is -0.356 e. The Labute approximate surface area is 144 Å². The van der Waals surface area contributed by atoms with Gasteiger partial charge in [-0.1, -0.05) is 6.07 Å². The van der Waals surface area contributed by atoms with Crippen LogP contribution in [0.2, 0.25) is 0 Å². The minimum absolute atomic E-state index is 0.193. The van der Waals surface area contributed by atoms with E-state index in [1.54, 1.807) is 24.5 Å². The third-order valence-electron chi connectivity index (χ3n) is 3.80. The van der Waals surface area contributed by atoms with Crippen LogP contribution in [0, 0.1) is 12.7 Å². The topological polar surface area (TPSA) is 53.7 Å². The number of rotatable bonds is 5. The summed E-state index contributed by atoms with van der Waals surface area (Å²) >= 11 is 1.61. The number of nitrogens with zero attached hydrogens (tertiary/aromatic N) is 3. The molecule has 0 atom stereocenters. The first-order chi connectivity index (χ1) is 11.7. The molecule has 0 radical (unpaired) electrons. The van der Waals surface area contributed by atoms with Crippen LogP contribution in [0.3, 0.4) is 0 Å². The second-order valence-corrected chi connectivity index (χ2v) is 6.37. The van der Waals surface area contributed by atoms with Crippen LogP contribution < -0.4 is 10.6 Å². The fourth-order valence-corrected chi connectivity index (χ4v) is 3.23. The minimum atomic E-state index is -0.193. The SMILES string of the molecule is CN=C(NCCc1ccc(F)cc1C)NCc1cn2ccsc2n1. The van der Waals surface area contributed by atoms with Crippen LogP contribution in [-0.4, -0.2) is 28.9 Å². The highest BCUT2D eigenvalue weighted by Gasteiger charge is 2.05. The second-order valence-electron chi connectivity index (χ2n) is 5.50. The van der Waals surface area contributed by atoms with Gasteiger partial charge in [0.25, 0.3) is 0 Å². The molecule has 2 aromatic heterocycles. The van der Waals surface area contributed by atoms with E-state index in [4.69, 9.17) is 0 Å². The second kappa shape index (κ2) is 7.44. The quantitative estimate of drug-likeness (QED) is 0.552. The van der Waals surface area contributed by atoms with Crippen molar-refractivity contribution < 1.29 is 4.39 Å². The lowest BCUT2D eigenvalue weighted by Crippen LogP contribution is -2.38. The van der Waals surface area contributed by atoms with Crippen molar-refractivity contribution in [1.82, 2.24) is 20.0 Å². The lowest BCUT2D eigenvalue weighted by atomic mass is 10.1. The number of aliphatic imine (C=N–C) groups is 1. The molecular weight excluding hydrogens is 325 g/mol. The van der Waals surface area contributed by atoms with E-state index in [-0.39, 0.29) is 5.82 Å². The van der Waals surface area contributed by atoms with E-state index in [2.05, 4.69) is 20.6 Å². The van der Waals surface area contributed by atoms with Crippen molar-refractivity contribution >= 4 is 22.3 Å².